The molecule has 2 N–H and O–H groups in total. The fourth-order valence-corrected chi connectivity index (χ4v) is 2.49. The highest BCUT2D eigenvalue weighted by Gasteiger charge is 2.18. The number of benzene rings is 1. The average Bonchev–Trinajstić information content (AvgIpc) is 3.06. The number of hydrogen-bond donors (Lipinski definition) is 2. The van der Waals surface area contributed by atoms with E-state index in [0.29, 0.717) is 23.8 Å². The molecule has 1 aliphatic heterocycles. The largest absolute Gasteiger partial charge is 0.493 e. The predicted molar refractivity (Wildman–Crippen MR) is 82.0 cm³/mol. The highest BCUT2D eigenvalue weighted by molar-refractivity contribution is 5.86. The molecule has 0 spiro atoms. The molecular weight excluding hydrogens is 300 g/mol. The lowest BCUT2D eigenvalue weighted by molar-refractivity contribution is 0.00645. The third-order valence-electron chi connectivity index (χ3n) is 3.68. The van der Waals surface area contributed by atoms with Crippen LogP contribution in [0.5, 0.6) is 11.5 Å². The number of methoxy groups -OCH3 is 1. The molecule has 1 aromatic heterocycles. The van der Waals surface area contributed by atoms with Crippen molar-refractivity contribution in [1.29, 1.82) is 0 Å². The van der Waals surface area contributed by atoms with Crippen LogP contribution in [-0.4, -0.2) is 47.7 Å². The Kier molecular flexibility index (Phi) is 4.47. The molecule has 1 aromatic carbocycles. The van der Waals surface area contributed by atoms with Crippen LogP contribution in [-0.2, 0) is 4.74 Å². The van der Waals surface area contributed by atoms with Gasteiger partial charge < -0.3 is 19.3 Å². The summed E-state index contributed by atoms with van der Waals surface area (Å²) in [6, 6.07) is 6.88. The van der Waals surface area contributed by atoms with Crippen molar-refractivity contribution in [2.45, 2.75) is 18.9 Å². The number of hydrogen-bond acceptors (Lipinski definition) is 5. The molecular formula is C16H18N2O5. The number of aromatic amines is 1. The zero-order chi connectivity index (χ0) is 16.2. The van der Waals surface area contributed by atoms with Crippen molar-refractivity contribution < 1.29 is 24.1 Å². The summed E-state index contributed by atoms with van der Waals surface area (Å²) in [7, 11) is 1.57. The number of rotatable bonds is 5. The number of carboxylic acids is 1. The first-order chi connectivity index (χ1) is 11.2. The topological polar surface area (TPSA) is 93.7 Å². The molecule has 1 aliphatic rings. The lowest BCUT2D eigenvalue weighted by atomic mass is 10.1. The van der Waals surface area contributed by atoms with Crippen LogP contribution in [0.25, 0.3) is 11.3 Å². The molecule has 0 bridgehead atoms. The number of ether oxygens (including phenoxy) is 3. The first kappa shape index (κ1) is 15.4. The fourth-order valence-electron chi connectivity index (χ4n) is 2.49. The Morgan fingerprint density at radius 3 is 2.91 bits per heavy atom. The van der Waals surface area contributed by atoms with Crippen molar-refractivity contribution >= 4 is 5.97 Å². The molecule has 0 saturated carbocycles. The first-order valence-corrected chi connectivity index (χ1v) is 7.39. The van der Waals surface area contributed by atoms with E-state index in [2.05, 4.69) is 10.2 Å². The van der Waals surface area contributed by atoms with E-state index < -0.39 is 5.97 Å². The third kappa shape index (κ3) is 3.45. The van der Waals surface area contributed by atoms with Gasteiger partial charge >= 0.3 is 5.97 Å². The van der Waals surface area contributed by atoms with Gasteiger partial charge in [-0.05, 0) is 37.1 Å². The Bertz CT molecular complexity index is 692. The molecule has 0 radical (unpaired) electrons. The maximum atomic E-state index is 10.9. The van der Waals surface area contributed by atoms with Crippen molar-refractivity contribution in [3.63, 3.8) is 0 Å². The highest BCUT2D eigenvalue weighted by atomic mass is 16.5. The van der Waals surface area contributed by atoms with Crippen molar-refractivity contribution in [3.05, 3.63) is 30.0 Å². The second-order valence-electron chi connectivity index (χ2n) is 5.29. The van der Waals surface area contributed by atoms with Crippen molar-refractivity contribution in [3.8, 4) is 22.8 Å². The Morgan fingerprint density at radius 1 is 1.39 bits per heavy atom. The van der Waals surface area contributed by atoms with Crippen LogP contribution in [0, 0.1) is 0 Å². The molecule has 1 saturated heterocycles. The molecule has 1 fully saturated rings. The van der Waals surface area contributed by atoms with E-state index in [-0.39, 0.29) is 11.8 Å². The lowest BCUT2D eigenvalue weighted by Gasteiger charge is -2.24. The van der Waals surface area contributed by atoms with E-state index in [4.69, 9.17) is 19.3 Å². The summed E-state index contributed by atoms with van der Waals surface area (Å²) < 4.78 is 16.7. The standard InChI is InChI=1S/C16H18N2O5/c1-21-15-7-10(12-8-13(16(19)20)18-17-12)4-5-14(15)23-11-3-2-6-22-9-11/h4-5,7-8,11H,2-3,6,9H2,1H3,(H,17,18)(H,19,20). The van der Waals surface area contributed by atoms with E-state index in [1.165, 1.54) is 6.07 Å². The SMILES string of the molecule is COc1cc(-c2cc(C(=O)O)[nH]n2)ccc1OC1CCCOC1. The minimum absolute atomic E-state index is 0.0208. The van der Waals surface area contributed by atoms with Gasteiger partial charge in [-0.2, -0.15) is 5.10 Å². The zero-order valence-electron chi connectivity index (χ0n) is 12.7. The van der Waals surface area contributed by atoms with E-state index >= 15 is 0 Å². The normalized spacial score (nSPS) is 17.7. The van der Waals surface area contributed by atoms with E-state index in [1.807, 2.05) is 6.07 Å². The number of aromatic nitrogens is 2. The van der Waals surface area contributed by atoms with Crippen LogP contribution >= 0.6 is 0 Å². The number of aromatic carboxylic acids is 1. The van der Waals surface area contributed by atoms with Crippen LogP contribution in [0.1, 0.15) is 23.3 Å². The molecule has 0 amide bonds. The summed E-state index contributed by atoms with van der Waals surface area (Å²) in [5.41, 5.74) is 1.32. The van der Waals surface area contributed by atoms with Gasteiger partial charge in [-0.25, -0.2) is 4.79 Å². The summed E-state index contributed by atoms with van der Waals surface area (Å²) in [6.45, 7) is 1.35. The van der Waals surface area contributed by atoms with Gasteiger partial charge in [0.2, 0.25) is 0 Å². The summed E-state index contributed by atoms with van der Waals surface area (Å²) in [6.07, 6.45) is 1.95. The quantitative estimate of drug-likeness (QED) is 0.879. The van der Waals surface area contributed by atoms with Gasteiger partial charge in [0.05, 0.1) is 19.4 Å². The van der Waals surface area contributed by atoms with Gasteiger partial charge in [0.15, 0.2) is 11.5 Å². The summed E-state index contributed by atoms with van der Waals surface area (Å²) in [5, 5.41) is 15.4. The molecule has 7 heteroatoms. The van der Waals surface area contributed by atoms with E-state index in [9.17, 15) is 4.79 Å². The summed E-state index contributed by atoms with van der Waals surface area (Å²) >= 11 is 0. The molecule has 2 aromatic rings. The van der Waals surface area contributed by atoms with Gasteiger partial charge in [0.25, 0.3) is 0 Å². The number of carboxylic acid groups (broad SMARTS) is 1. The number of nitrogens with one attached hydrogen (secondary N) is 1. The Hall–Kier alpha value is -2.54. The van der Waals surface area contributed by atoms with Crippen molar-refractivity contribution in [1.82, 2.24) is 10.2 Å². The minimum atomic E-state index is -1.05. The van der Waals surface area contributed by atoms with E-state index in [0.717, 1.165) is 25.0 Å². The summed E-state index contributed by atoms with van der Waals surface area (Å²) in [5.74, 6) is 0.168. The monoisotopic (exact) mass is 318 g/mol. The molecule has 1 atom stereocenters. The van der Waals surface area contributed by atoms with Crippen molar-refractivity contribution in [2.24, 2.45) is 0 Å². The van der Waals surface area contributed by atoms with Gasteiger partial charge in [0, 0.05) is 12.2 Å². The number of H-pyrrole nitrogens is 1. The molecule has 122 valence electrons. The molecule has 0 aliphatic carbocycles. The zero-order valence-corrected chi connectivity index (χ0v) is 12.7. The van der Waals surface area contributed by atoms with Crippen LogP contribution < -0.4 is 9.47 Å². The van der Waals surface area contributed by atoms with Gasteiger partial charge in [-0.3, -0.25) is 5.10 Å². The minimum Gasteiger partial charge on any atom is -0.493 e. The summed E-state index contributed by atoms with van der Waals surface area (Å²) in [4.78, 5) is 10.9. The van der Waals surface area contributed by atoms with Crippen LogP contribution in [0.2, 0.25) is 0 Å². The highest BCUT2D eigenvalue weighted by Crippen LogP contribution is 2.33. The molecule has 7 nitrogen and oxygen atoms in total. The van der Waals surface area contributed by atoms with Crippen LogP contribution in [0.15, 0.2) is 24.3 Å². The number of nitrogens with zero attached hydrogens (tertiary/aromatic N) is 1. The smallest absolute Gasteiger partial charge is 0.353 e. The number of carbonyl (C=O) groups is 1. The third-order valence-corrected chi connectivity index (χ3v) is 3.68. The van der Waals surface area contributed by atoms with E-state index in [1.54, 1.807) is 19.2 Å². The first-order valence-electron chi connectivity index (χ1n) is 7.39. The predicted octanol–water partition coefficient (Wildman–Crippen LogP) is 2.34. The van der Waals surface area contributed by atoms with Crippen LogP contribution in [0.4, 0.5) is 0 Å². The lowest BCUT2D eigenvalue weighted by Crippen LogP contribution is -2.28. The molecule has 23 heavy (non-hydrogen) atoms. The Labute approximate surface area is 133 Å². The molecule has 3 rings (SSSR count). The second-order valence-corrected chi connectivity index (χ2v) is 5.29. The van der Waals surface area contributed by atoms with Gasteiger partial charge in [-0.1, -0.05) is 0 Å². The molecule has 2 heterocycles. The Balaban J connectivity index is 1.82. The maximum Gasteiger partial charge on any atom is 0.353 e. The van der Waals surface area contributed by atoms with Gasteiger partial charge in [-0.15, -0.1) is 0 Å². The molecule has 1 unspecified atom stereocenters. The fraction of sp³-hybridized carbons (Fsp3) is 0.375. The van der Waals surface area contributed by atoms with Crippen LogP contribution in [0.3, 0.4) is 0 Å². The average molecular weight is 318 g/mol. The Morgan fingerprint density at radius 2 is 2.26 bits per heavy atom. The maximum absolute atomic E-state index is 10.9. The second kappa shape index (κ2) is 6.70. The van der Waals surface area contributed by atoms with Crippen molar-refractivity contribution in [2.75, 3.05) is 20.3 Å². The van der Waals surface area contributed by atoms with Gasteiger partial charge in [0.1, 0.15) is 11.8 Å².